The molecule has 2 aromatic heterocycles. The van der Waals surface area contributed by atoms with E-state index in [1.807, 2.05) is 13.0 Å². The predicted molar refractivity (Wildman–Crippen MR) is 82.3 cm³/mol. The van der Waals surface area contributed by atoms with Crippen LogP contribution >= 0.6 is 0 Å². The lowest BCUT2D eigenvalue weighted by Crippen LogP contribution is -2.27. The Morgan fingerprint density at radius 2 is 2.17 bits per heavy atom. The van der Waals surface area contributed by atoms with Crippen LogP contribution in [-0.2, 0) is 11.3 Å². The van der Waals surface area contributed by atoms with Crippen LogP contribution < -0.4 is 5.49 Å². The predicted octanol–water partition coefficient (Wildman–Crippen LogP) is 1.28. The molecular weight excluding hydrogens is 296 g/mol. The third-order valence-electron chi connectivity index (χ3n) is 4.00. The minimum Gasteiger partial charge on any atom is -0.481 e. The maximum atomic E-state index is 11.0. The van der Waals surface area contributed by atoms with Crippen LogP contribution in [0.5, 0.6) is 0 Å². The molecule has 0 aromatic carbocycles. The van der Waals surface area contributed by atoms with Crippen molar-refractivity contribution in [3.63, 3.8) is 0 Å². The smallest absolute Gasteiger partial charge is 0.307 e. The molecule has 0 amide bonds. The Bertz CT molecular complexity index is 850. The van der Waals surface area contributed by atoms with Gasteiger partial charge in [0.25, 0.3) is 0 Å². The van der Waals surface area contributed by atoms with E-state index in [0.29, 0.717) is 18.7 Å². The third kappa shape index (κ3) is 2.67. The molecule has 2 aromatic rings. The van der Waals surface area contributed by atoms with Crippen LogP contribution in [0.2, 0.25) is 0 Å². The second kappa shape index (κ2) is 5.45. The number of carboxylic acids is 1. The van der Waals surface area contributed by atoms with E-state index in [0.717, 1.165) is 11.4 Å². The molecule has 0 radical (unpaired) electrons. The van der Waals surface area contributed by atoms with Gasteiger partial charge >= 0.3 is 5.97 Å². The minimum atomic E-state index is -0.781. The summed E-state index contributed by atoms with van der Waals surface area (Å²) in [6, 6.07) is 5.17. The number of nitrogens with one attached hydrogen (secondary N) is 2. The maximum Gasteiger partial charge on any atom is 0.307 e. The first kappa shape index (κ1) is 15.1. The molecule has 0 aliphatic heterocycles. The van der Waals surface area contributed by atoms with Gasteiger partial charge < -0.3 is 5.11 Å². The number of aromatic nitrogens is 4. The number of carboxylic acid groups (broad SMARTS) is 1. The molecule has 1 fully saturated rings. The quantitative estimate of drug-likeness (QED) is 0.581. The number of hydrogen-bond donors (Lipinski definition) is 3. The third-order valence-corrected chi connectivity index (χ3v) is 4.00. The highest BCUT2D eigenvalue weighted by molar-refractivity contribution is 5.78. The molecule has 2 unspecified atom stereocenters. The zero-order chi connectivity index (χ0) is 16.7. The van der Waals surface area contributed by atoms with Gasteiger partial charge in [-0.2, -0.15) is 10.2 Å². The summed E-state index contributed by atoms with van der Waals surface area (Å²) in [4.78, 5) is 11.0. The first-order valence-electron chi connectivity index (χ1n) is 7.43. The topological polar surface area (TPSA) is 121 Å². The van der Waals surface area contributed by atoms with E-state index >= 15 is 0 Å². The number of carbonyl (C=O) groups is 1. The van der Waals surface area contributed by atoms with E-state index in [2.05, 4.69) is 10.2 Å². The van der Waals surface area contributed by atoms with Crippen LogP contribution in [0.15, 0.2) is 18.2 Å². The molecule has 3 rings (SSSR count). The summed E-state index contributed by atoms with van der Waals surface area (Å²) >= 11 is 0. The average Bonchev–Trinajstić information content (AvgIpc) is 3.20. The summed E-state index contributed by atoms with van der Waals surface area (Å²) in [7, 11) is 0. The van der Waals surface area contributed by atoms with E-state index in [-0.39, 0.29) is 23.2 Å². The lowest BCUT2D eigenvalue weighted by atomic mass is 10.2. The lowest BCUT2D eigenvalue weighted by molar-refractivity contribution is -0.138. The summed E-state index contributed by atoms with van der Waals surface area (Å²) in [6.45, 7) is 4.16. The molecule has 8 nitrogen and oxygen atoms in total. The van der Waals surface area contributed by atoms with Gasteiger partial charge in [-0.3, -0.25) is 20.3 Å². The van der Waals surface area contributed by atoms with Crippen LogP contribution in [0.4, 0.5) is 0 Å². The van der Waals surface area contributed by atoms with Gasteiger partial charge in [-0.15, -0.1) is 0 Å². The second-order valence-electron chi connectivity index (χ2n) is 5.66. The Morgan fingerprint density at radius 3 is 2.74 bits per heavy atom. The van der Waals surface area contributed by atoms with Gasteiger partial charge in [0.15, 0.2) is 0 Å². The van der Waals surface area contributed by atoms with Crippen molar-refractivity contribution in [1.29, 1.82) is 10.8 Å². The van der Waals surface area contributed by atoms with Crippen molar-refractivity contribution in [2.75, 3.05) is 0 Å². The molecule has 3 N–H and O–H groups in total. The second-order valence-corrected chi connectivity index (χ2v) is 5.66. The lowest BCUT2D eigenvalue weighted by Gasteiger charge is -2.07. The van der Waals surface area contributed by atoms with E-state index in [1.165, 1.54) is 4.68 Å². The summed E-state index contributed by atoms with van der Waals surface area (Å²) in [5.41, 5.74) is 2.29. The Hall–Kier alpha value is -2.77. The fourth-order valence-electron chi connectivity index (χ4n) is 2.68. The van der Waals surface area contributed by atoms with Gasteiger partial charge in [-0.05, 0) is 38.5 Å². The number of nitrogens with zero attached hydrogens (tertiary/aromatic N) is 4. The molecule has 0 saturated heterocycles. The Kier molecular flexibility index (Phi) is 3.59. The van der Waals surface area contributed by atoms with Gasteiger partial charge in [0.2, 0.25) is 0 Å². The van der Waals surface area contributed by atoms with Crippen molar-refractivity contribution < 1.29 is 9.90 Å². The number of hydrogen-bond acceptors (Lipinski definition) is 5. The van der Waals surface area contributed by atoms with Crippen molar-refractivity contribution in [3.8, 4) is 11.4 Å². The highest BCUT2D eigenvalue weighted by Gasteiger charge is 2.46. The van der Waals surface area contributed by atoms with Crippen LogP contribution in [0.3, 0.4) is 0 Å². The highest BCUT2D eigenvalue weighted by atomic mass is 16.4. The van der Waals surface area contributed by atoms with Gasteiger partial charge in [0.1, 0.15) is 17.0 Å². The van der Waals surface area contributed by atoms with Gasteiger partial charge in [0.05, 0.1) is 17.3 Å². The molecule has 120 valence electrons. The van der Waals surface area contributed by atoms with Crippen molar-refractivity contribution in [2.45, 2.75) is 32.7 Å². The molecule has 1 saturated carbocycles. The van der Waals surface area contributed by atoms with Crippen molar-refractivity contribution >= 4 is 11.8 Å². The Labute approximate surface area is 132 Å². The Morgan fingerprint density at radius 1 is 1.43 bits per heavy atom. The fourth-order valence-corrected chi connectivity index (χ4v) is 2.68. The fraction of sp³-hybridized carbons (Fsp3) is 0.400. The standard InChI is InChI=1S/C15H18N6O2/c1-3-20-13(7-12(18-20)9-6-10(9)15(22)23)11-4-5-14(17)21(19-11)8(2)16/h4-5,7,9-10,16-17H,3,6H2,1-2H3,(H,22,23). The summed E-state index contributed by atoms with van der Waals surface area (Å²) in [5.74, 6) is -1.00. The van der Waals surface area contributed by atoms with E-state index in [4.69, 9.17) is 15.9 Å². The molecule has 0 bridgehead atoms. The summed E-state index contributed by atoms with van der Waals surface area (Å²) in [5, 5.41) is 33.4. The van der Waals surface area contributed by atoms with Crippen LogP contribution in [0.1, 0.15) is 31.9 Å². The van der Waals surface area contributed by atoms with Crippen LogP contribution in [0, 0.1) is 16.7 Å². The summed E-state index contributed by atoms with van der Waals surface area (Å²) in [6.07, 6.45) is 0.619. The normalized spacial score (nSPS) is 19.6. The van der Waals surface area contributed by atoms with E-state index < -0.39 is 5.97 Å². The minimum absolute atomic E-state index is 0.0360. The zero-order valence-electron chi connectivity index (χ0n) is 12.9. The van der Waals surface area contributed by atoms with Crippen molar-refractivity contribution in [3.05, 3.63) is 29.4 Å². The highest BCUT2D eigenvalue weighted by Crippen LogP contribution is 2.47. The molecule has 8 heteroatoms. The first-order valence-corrected chi connectivity index (χ1v) is 7.43. The van der Waals surface area contributed by atoms with Gasteiger partial charge in [-0.25, -0.2) is 4.68 Å². The molecule has 2 atom stereocenters. The Balaban J connectivity index is 2.02. The SMILES string of the molecule is CCn1nc(C2CC2C(=O)O)cc1-c1ccc(=N)n(C(C)=N)n1. The van der Waals surface area contributed by atoms with Crippen molar-refractivity contribution in [1.82, 2.24) is 19.6 Å². The molecule has 0 spiro atoms. The average molecular weight is 314 g/mol. The first-order chi connectivity index (χ1) is 10.9. The number of rotatable bonds is 4. The molecule has 23 heavy (non-hydrogen) atoms. The van der Waals surface area contributed by atoms with Crippen LogP contribution in [0.25, 0.3) is 11.4 Å². The van der Waals surface area contributed by atoms with Gasteiger partial charge in [-0.1, -0.05) is 0 Å². The zero-order valence-corrected chi connectivity index (χ0v) is 12.9. The molecule has 1 aliphatic rings. The summed E-state index contributed by atoms with van der Waals surface area (Å²) < 4.78 is 3.03. The van der Waals surface area contributed by atoms with Crippen LogP contribution in [-0.4, -0.2) is 36.5 Å². The monoisotopic (exact) mass is 314 g/mol. The number of aliphatic carboxylic acids is 1. The molecular formula is C15H18N6O2. The number of aryl methyl sites for hydroxylation is 1. The maximum absolute atomic E-state index is 11.0. The molecule has 1 aliphatic carbocycles. The largest absolute Gasteiger partial charge is 0.481 e. The van der Waals surface area contributed by atoms with Crippen molar-refractivity contribution in [2.24, 2.45) is 5.92 Å². The van der Waals surface area contributed by atoms with E-state index in [9.17, 15) is 4.79 Å². The van der Waals surface area contributed by atoms with E-state index in [1.54, 1.807) is 23.7 Å². The molecule has 2 heterocycles. The van der Waals surface area contributed by atoms with Gasteiger partial charge in [0, 0.05) is 12.5 Å².